The number of sulfone groups is 1. The van der Waals surface area contributed by atoms with Crippen LogP contribution < -0.4 is 5.90 Å². The van der Waals surface area contributed by atoms with E-state index < -0.39 is 53.7 Å². The fourth-order valence-corrected chi connectivity index (χ4v) is 4.95. The van der Waals surface area contributed by atoms with Crippen LogP contribution in [0.2, 0.25) is 0 Å². The van der Waals surface area contributed by atoms with E-state index in [1.54, 1.807) is 41.5 Å². The minimum absolute atomic E-state index is 0.282. The molecule has 0 aromatic heterocycles. The minimum Gasteiger partial charge on any atom is -0.458 e. The van der Waals surface area contributed by atoms with Crippen molar-refractivity contribution in [3.05, 3.63) is 24.3 Å². The molecule has 0 bridgehead atoms. The van der Waals surface area contributed by atoms with Crippen LogP contribution in [0.1, 0.15) is 48.5 Å². The molecule has 0 radical (unpaired) electrons. The quantitative estimate of drug-likeness (QED) is 0.237. The van der Waals surface area contributed by atoms with Gasteiger partial charge in [0, 0.05) is 24.0 Å². The van der Waals surface area contributed by atoms with Crippen molar-refractivity contribution in [3.63, 3.8) is 0 Å². The molecule has 0 spiro atoms. The van der Waals surface area contributed by atoms with Gasteiger partial charge >= 0.3 is 18.0 Å². The highest BCUT2D eigenvalue weighted by Crippen LogP contribution is 2.24. The number of likely N-dealkylation sites (N-methyl/N-ethyl adjacent to an activating group) is 1. The number of nitrogens with two attached hydrogens (primary N) is 1. The number of esters is 1. The first kappa shape index (κ1) is 33.6. The minimum atomic E-state index is -4.02. The van der Waals surface area contributed by atoms with Crippen LogP contribution in [0.15, 0.2) is 34.1 Å². The third-order valence-electron chi connectivity index (χ3n) is 4.15. The summed E-state index contributed by atoms with van der Waals surface area (Å²) in [5, 5.41) is 0. The number of carbonyl (C=O) groups excluding carboxylic acids is 3. The molecule has 15 heteroatoms. The van der Waals surface area contributed by atoms with E-state index in [9.17, 15) is 31.2 Å². The Hall–Kier alpha value is -2.42. The number of halogens is 1. The van der Waals surface area contributed by atoms with Crippen LogP contribution in [0.25, 0.3) is 0 Å². The maximum Gasteiger partial charge on any atom is 0.411 e. The predicted octanol–water partition coefficient (Wildman–Crippen LogP) is 2.39. The summed E-state index contributed by atoms with van der Waals surface area (Å²) in [7, 11) is -1.30. The van der Waals surface area contributed by atoms with E-state index in [0.29, 0.717) is 0 Å². The van der Waals surface area contributed by atoms with E-state index in [1.165, 1.54) is 32.2 Å². The Balaban J connectivity index is 0.000000748. The Morgan fingerprint density at radius 2 is 1.25 bits per heavy atom. The first-order valence-corrected chi connectivity index (χ1v) is 14.4. The molecule has 1 atom stereocenters. The highest BCUT2D eigenvalue weighted by molar-refractivity contribution is 8.14. The molecule has 0 saturated carbocycles. The van der Waals surface area contributed by atoms with Gasteiger partial charge in [0.2, 0.25) is 5.54 Å². The second-order valence-corrected chi connectivity index (χ2v) is 14.2. The number of rotatable bonds is 5. The third kappa shape index (κ3) is 9.91. The number of amides is 1. The largest absolute Gasteiger partial charge is 0.458 e. The fraction of sp³-hybridized carbons (Fsp3) is 0.571. The van der Waals surface area contributed by atoms with Crippen molar-refractivity contribution in [3.8, 4) is 0 Å². The van der Waals surface area contributed by atoms with Crippen LogP contribution in [0.4, 0.5) is 4.79 Å². The van der Waals surface area contributed by atoms with Crippen LogP contribution in [0, 0.1) is 0 Å². The second-order valence-electron chi connectivity index (χ2n) is 9.68. The predicted molar refractivity (Wildman–Crippen MR) is 131 cm³/mol. The van der Waals surface area contributed by atoms with Crippen LogP contribution >= 0.6 is 10.7 Å². The third-order valence-corrected chi connectivity index (χ3v) is 6.81. The standard InChI is InChI=1S/C14H26N2O6.C7H7ClO4S2/c1-12(2,3)20-9(17)14(7,10(18)22-15)16(8)11(19)21-13(4,5)6;1-13(9,10)6-4-2-3-5-7(6)14(8,11)12/h15H2,1-8H3;2-5H,1H3/t14-;/m1./s1. The average Bonchev–Trinajstić information content (AvgIpc) is 2.68. The molecule has 0 aliphatic heterocycles. The molecule has 1 aromatic carbocycles. The van der Waals surface area contributed by atoms with E-state index in [-0.39, 0.29) is 9.79 Å². The molecular formula is C21H33ClN2O10S2. The number of nitrogens with zero attached hydrogens (tertiary/aromatic N) is 1. The lowest BCUT2D eigenvalue weighted by atomic mass is 10.0. The smallest absolute Gasteiger partial charge is 0.411 e. The van der Waals surface area contributed by atoms with Crippen molar-refractivity contribution < 1.29 is 45.5 Å². The van der Waals surface area contributed by atoms with Crippen molar-refractivity contribution >= 4 is 47.6 Å². The Morgan fingerprint density at radius 3 is 1.56 bits per heavy atom. The number of ether oxygens (including phenoxy) is 2. The van der Waals surface area contributed by atoms with Gasteiger partial charge in [-0.05, 0) is 60.6 Å². The molecule has 36 heavy (non-hydrogen) atoms. The maximum absolute atomic E-state index is 12.4. The van der Waals surface area contributed by atoms with E-state index >= 15 is 0 Å². The molecule has 12 nitrogen and oxygen atoms in total. The van der Waals surface area contributed by atoms with Crippen LogP contribution in [-0.4, -0.2) is 69.8 Å². The van der Waals surface area contributed by atoms with Crippen LogP contribution in [0.5, 0.6) is 0 Å². The maximum atomic E-state index is 12.4. The summed E-state index contributed by atoms with van der Waals surface area (Å²) in [5.41, 5.74) is -3.72. The molecule has 0 heterocycles. The Labute approximate surface area is 216 Å². The summed E-state index contributed by atoms with van der Waals surface area (Å²) in [6, 6.07) is 5.19. The summed E-state index contributed by atoms with van der Waals surface area (Å²) in [5.74, 6) is 2.79. The Kier molecular flexibility index (Phi) is 11.0. The molecule has 1 aromatic rings. The van der Waals surface area contributed by atoms with Crippen molar-refractivity contribution in [1.82, 2.24) is 4.90 Å². The number of hydrogen-bond acceptors (Lipinski definition) is 11. The van der Waals surface area contributed by atoms with Gasteiger partial charge in [0.1, 0.15) is 16.1 Å². The average molecular weight is 573 g/mol. The summed E-state index contributed by atoms with van der Waals surface area (Å²) < 4.78 is 54.7. The molecule has 206 valence electrons. The lowest BCUT2D eigenvalue weighted by Gasteiger charge is -2.36. The van der Waals surface area contributed by atoms with E-state index in [2.05, 4.69) is 4.84 Å². The van der Waals surface area contributed by atoms with Crippen molar-refractivity contribution in [2.75, 3.05) is 13.3 Å². The van der Waals surface area contributed by atoms with Gasteiger partial charge in [0.15, 0.2) is 9.84 Å². The highest BCUT2D eigenvalue weighted by atomic mass is 35.7. The molecule has 0 unspecified atom stereocenters. The first-order chi connectivity index (χ1) is 15.9. The summed E-state index contributed by atoms with van der Waals surface area (Å²) in [4.78, 5) is 40.8. The van der Waals surface area contributed by atoms with E-state index in [4.69, 9.17) is 26.1 Å². The number of benzene rings is 1. The Bertz CT molecular complexity index is 1130. The normalized spacial score (nSPS) is 13.9. The number of hydrogen-bond donors (Lipinski definition) is 1. The van der Waals surface area contributed by atoms with Gasteiger partial charge in [-0.25, -0.2) is 31.2 Å². The molecular weight excluding hydrogens is 540 g/mol. The van der Waals surface area contributed by atoms with Crippen LogP contribution in [0.3, 0.4) is 0 Å². The molecule has 0 aliphatic rings. The zero-order valence-corrected chi connectivity index (χ0v) is 24.0. The lowest BCUT2D eigenvalue weighted by molar-refractivity contribution is -0.179. The molecule has 0 aliphatic carbocycles. The summed E-state index contributed by atoms with van der Waals surface area (Å²) in [6.07, 6.45) is 0.0414. The zero-order chi connectivity index (χ0) is 28.9. The Morgan fingerprint density at radius 1 is 0.833 bits per heavy atom. The van der Waals surface area contributed by atoms with Crippen molar-refractivity contribution in [2.45, 2.75) is 75.0 Å². The fourth-order valence-electron chi connectivity index (χ4n) is 2.32. The second kappa shape index (κ2) is 11.8. The van der Waals surface area contributed by atoms with Crippen molar-refractivity contribution in [2.24, 2.45) is 5.90 Å². The van der Waals surface area contributed by atoms with Gasteiger partial charge in [-0.1, -0.05) is 12.1 Å². The lowest BCUT2D eigenvalue weighted by Crippen LogP contribution is -2.61. The highest BCUT2D eigenvalue weighted by Gasteiger charge is 2.52. The number of carbonyl (C=O) groups is 3. The topological polar surface area (TPSA) is 176 Å². The molecule has 1 amide bonds. The monoisotopic (exact) mass is 572 g/mol. The molecule has 1 rings (SSSR count). The van der Waals surface area contributed by atoms with Gasteiger partial charge in [-0.2, -0.15) is 5.90 Å². The van der Waals surface area contributed by atoms with Gasteiger partial charge in [-0.3, -0.25) is 4.90 Å². The SMILES string of the molecule is CN(C(=O)OC(C)(C)C)[C@@](C)(C(=O)ON)C(=O)OC(C)(C)C.CS(=O)(=O)c1ccccc1S(=O)(=O)Cl. The first-order valence-electron chi connectivity index (χ1n) is 10.2. The molecule has 2 N–H and O–H groups in total. The van der Waals surface area contributed by atoms with E-state index in [0.717, 1.165) is 17.2 Å². The molecule has 0 saturated heterocycles. The van der Waals surface area contributed by atoms with Gasteiger partial charge in [0.05, 0.1) is 4.90 Å². The van der Waals surface area contributed by atoms with Crippen LogP contribution in [-0.2, 0) is 42.8 Å². The van der Waals surface area contributed by atoms with Gasteiger partial charge < -0.3 is 14.3 Å². The summed E-state index contributed by atoms with van der Waals surface area (Å²) in [6.45, 7) is 11.0. The summed E-state index contributed by atoms with van der Waals surface area (Å²) >= 11 is 0. The van der Waals surface area contributed by atoms with Crippen molar-refractivity contribution in [1.29, 1.82) is 0 Å². The zero-order valence-electron chi connectivity index (χ0n) is 21.6. The van der Waals surface area contributed by atoms with Gasteiger partial charge in [-0.15, -0.1) is 0 Å². The van der Waals surface area contributed by atoms with Gasteiger partial charge in [0.25, 0.3) is 9.05 Å². The molecule has 0 fully saturated rings. The van der Waals surface area contributed by atoms with E-state index in [1.807, 2.05) is 0 Å².